The molecule has 254 valence electrons. The highest BCUT2D eigenvalue weighted by Gasteiger charge is 2.19. The maximum atomic E-state index is 2.40. The summed E-state index contributed by atoms with van der Waals surface area (Å²) in [6.45, 7) is 0. The minimum absolute atomic E-state index is 1.10. The van der Waals surface area contributed by atoms with Crippen LogP contribution in [0.15, 0.2) is 218 Å². The lowest BCUT2D eigenvalue weighted by Gasteiger charge is -2.28. The molecule has 0 spiro atoms. The minimum atomic E-state index is 1.10. The van der Waals surface area contributed by atoms with Crippen LogP contribution in [0.3, 0.4) is 0 Å². The summed E-state index contributed by atoms with van der Waals surface area (Å²) in [5.41, 5.74) is 14.1. The third-order valence-electron chi connectivity index (χ3n) is 10.6. The molecule has 10 rings (SSSR count). The number of benzene rings is 9. The van der Waals surface area contributed by atoms with Crippen molar-refractivity contribution in [3.8, 4) is 39.1 Å². The van der Waals surface area contributed by atoms with Crippen molar-refractivity contribution in [2.24, 2.45) is 0 Å². The molecule has 2 nitrogen and oxygen atoms in total. The fourth-order valence-electron chi connectivity index (χ4n) is 8.04. The lowest BCUT2D eigenvalue weighted by atomic mass is 9.97. The van der Waals surface area contributed by atoms with Crippen LogP contribution in [0.1, 0.15) is 0 Å². The average Bonchev–Trinajstić information content (AvgIpc) is 3.59. The third kappa shape index (κ3) is 5.53. The summed E-state index contributed by atoms with van der Waals surface area (Å²) in [6, 6.07) is 78.9. The number of hydrogen-bond acceptors (Lipinski definition) is 1. The molecule has 54 heavy (non-hydrogen) atoms. The molecular weight excluding hydrogens is 653 g/mol. The molecule has 2 heteroatoms. The van der Waals surface area contributed by atoms with Gasteiger partial charge in [-0.1, -0.05) is 158 Å². The van der Waals surface area contributed by atoms with E-state index in [1.54, 1.807) is 0 Å². The molecule has 9 aromatic carbocycles. The molecule has 0 saturated heterocycles. The first kappa shape index (κ1) is 31.6. The number of hydrogen-bond donors (Lipinski definition) is 0. The van der Waals surface area contributed by atoms with Crippen molar-refractivity contribution in [2.45, 2.75) is 0 Å². The van der Waals surface area contributed by atoms with E-state index in [1.165, 1.54) is 66.0 Å². The number of fused-ring (bicyclic) bond motifs is 4. The van der Waals surface area contributed by atoms with E-state index in [0.717, 1.165) is 22.7 Å². The van der Waals surface area contributed by atoms with E-state index in [-0.39, 0.29) is 0 Å². The number of aromatic nitrogens is 1. The molecule has 0 unspecified atom stereocenters. The normalized spacial score (nSPS) is 11.3. The molecule has 0 saturated carbocycles. The molecule has 1 heterocycles. The number of rotatable bonds is 7. The predicted molar refractivity (Wildman–Crippen MR) is 229 cm³/mol. The van der Waals surface area contributed by atoms with Crippen molar-refractivity contribution in [3.05, 3.63) is 218 Å². The van der Waals surface area contributed by atoms with Crippen LogP contribution in [0, 0.1) is 0 Å². The molecule has 0 atom stereocenters. The second kappa shape index (κ2) is 13.4. The van der Waals surface area contributed by atoms with Gasteiger partial charge in [0.2, 0.25) is 0 Å². The summed E-state index contributed by atoms with van der Waals surface area (Å²) in [5.74, 6) is 0. The highest BCUT2D eigenvalue weighted by atomic mass is 15.1. The molecule has 0 amide bonds. The second-order valence-corrected chi connectivity index (χ2v) is 13.8. The fourth-order valence-corrected chi connectivity index (χ4v) is 8.04. The maximum absolute atomic E-state index is 2.40. The summed E-state index contributed by atoms with van der Waals surface area (Å²) in [7, 11) is 0. The summed E-state index contributed by atoms with van der Waals surface area (Å²) in [4.78, 5) is 2.40. The highest BCUT2D eigenvalue weighted by molar-refractivity contribution is 6.11. The Bertz CT molecular complexity index is 2900. The smallest absolute Gasteiger partial charge is 0.0541 e. The zero-order valence-electron chi connectivity index (χ0n) is 29.7. The lowest BCUT2D eigenvalue weighted by molar-refractivity contribution is 1.18. The van der Waals surface area contributed by atoms with Crippen molar-refractivity contribution < 1.29 is 0 Å². The van der Waals surface area contributed by atoms with Gasteiger partial charge < -0.3 is 9.47 Å². The zero-order valence-corrected chi connectivity index (χ0v) is 29.7. The largest absolute Gasteiger partial charge is 0.310 e. The summed E-state index contributed by atoms with van der Waals surface area (Å²) in [6.07, 6.45) is 0. The van der Waals surface area contributed by atoms with Crippen molar-refractivity contribution >= 4 is 49.6 Å². The van der Waals surface area contributed by atoms with Crippen molar-refractivity contribution in [1.29, 1.82) is 0 Å². The Morgan fingerprint density at radius 2 is 0.852 bits per heavy atom. The van der Waals surface area contributed by atoms with Crippen LogP contribution >= 0.6 is 0 Å². The van der Waals surface area contributed by atoms with E-state index in [9.17, 15) is 0 Å². The van der Waals surface area contributed by atoms with Gasteiger partial charge in [0.1, 0.15) is 0 Å². The van der Waals surface area contributed by atoms with Gasteiger partial charge in [0.25, 0.3) is 0 Å². The highest BCUT2D eigenvalue weighted by Crippen LogP contribution is 2.43. The van der Waals surface area contributed by atoms with Crippen LogP contribution in [-0.4, -0.2) is 4.57 Å². The molecule has 0 fully saturated rings. The van der Waals surface area contributed by atoms with Crippen LogP contribution in [0.2, 0.25) is 0 Å². The van der Waals surface area contributed by atoms with Gasteiger partial charge in [-0.2, -0.15) is 0 Å². The zero-order chi connectivity index (χ0) is 35.8. The number of anilines is 3. The van der Waals surface area contributed by atoms with Gasteiger partial charge in [-0.25, -0.2) is 0 Å². The van der Waals surface area contributed by atoms with Crippen LogP contribution in [0.5, 0.6) is 0 Å². The molecule has 0 N–H and O–H groups in total. The van der Waals surface area contributed by atoms with E-state index in [1.807, 2.05) is 0 Å². The summed E-state index contributed by atoms with van der Waals surface area (Å²) < 4.78 is 2.37. The minimum Gasteiger partial charge on any atom is -0.310 e. The molecule has 0 aliphatic rings. The number of para-hydroxylation sites is 3. The molecule has 0 aliphatic heterocycles. The Morgan fingerprint density at radius 3 is 1.63 bits per heavy atom. The molecular formula is C52H36N2. The predicted octanol–water partition coefficient (Wildman–Crippen LogP) is 14.4. The van der Waals surface area contributed by atoms with Gasteiger partial charge in [-0.05, 0) is 99.3 Å². The van der Waals surface area contributed by atoms with E-state index in [4.69, 9.17) is 0 Å². The fraction of sp³-hybridized carbons (Fsp3) is 0. The van der Waals surface area contributed by atoms with Gasteiger partial charge in [0.15, 0.2) is 0 Å². The first-order valence-corrected chi connectivity index (χ1v) is 18.5. The summed E-state index contributed by atoms with van der Waals surface area (Å²) in [5, 5.41) is 4.99. The van der Waals surface area contributed by atoms with E-state index < -0.39 is 0 Å². The Kier molecular flexibility index (Phi) is 7.85. The van der Waals surface area contributed by atoms with Crippen molar-refractivity contribution in [1.82, 2.24) is 4.57 Å². The molecule has 0 bridgehead atoms. The maximum Gasteiger partial charge on any atom is 0.0541 e. The average molecular weight is 689 g/mol. The van der Waals surface area contributed by atoms with Gasteiger partial charge in [-0.3, -0.25) is 0 Å². The van der Waals surface area contributed by atoms with E-state index >= 15 is 0 Å². The van der Waals surface area contributed by atoms with Gasteiger partial charge in [0.05, 0.1) is 16.7 Å². The summed E-state index contributed by atoms with van der Waals surface area (Å²) >= 11 is 0. The van der Waals surface area contributed by atoms with E-state index in [2.05, 4.69) is 228 Å². The van der Waals surface area contributed by atoms with Crippen LogP contribution in [-0.2, 0) is 0 Å². The quantitative estimate of drug-likeness (QED) is 0.162. The third-order valence-corrected chi connectivity index (χ3v) is 10.6. The standard InChI is InChI=1S/C52H36N2/c1-3-14-37(15-4-1)38-26-31-43(32-27-38)53(44-33-28-40(29-34-44)46-23-13-17-39-16-7-8-20-45(39)46)50-24-11-9-21-47(50)41-30-35-52-49(36-41)48-22-10-12-25-51(48)54(52)42-18-5-2-6-19-42/h1-36H. The van der Waals surface area contributed by atoms with Crippen LogP contribution in [0.25, 0.3) is 71.6 Å². The first-order valence-electron chi connectivity index (χ1n) is 18.5. The Morgan fingerprint density at radius 1 is 0.315 bits per heavy atom. The monoisotopic (exact) mass is 688 g/mol. The van der Waals surface area contributed by atoms with Crippen LogP contribution < -0.4 is 4.90 Å². The van der Waals surface area contributed by atoms with Gasteiger partial charge in [0, 0.05) is 33.4 Å². The lowest BCUT2D eigenvalue weighted by Crippen LogP contribution is -2.11. The number of nitrogens with zero attached hydrogens (tertiary/aromatic N) is 2. The molecule has 1 aromatic heterocycles. The SMILES string of the molecule is c1ccc(-c2ccc(N(c3ccc(-c4cccc5ccccc45)cc3)c3ccccc3-c3ccc4c(c3)c3ccccc3n4-c3ccccc3)cc2)cc1. The Hall–Kier alpha value is -7.16. The van der Waals surface area contributed by atoms with Crippen molar-refractivity contribution in [3.63, 3.8) is 0 Å². The second-order valence-electron chi connectivity index (χ2n) is 13.8. The van der Waals surface area contributed by atoms with Crippen molar-refractivity contribution in [2.75, 3.05) is 4.90 Å². The topological polar surface area (TPSA) is 8.17 Å². The van der Waals surface area contributed by atoms with Gasteiger partial charge in [-0.15, -0.1) is 0 Å². The molecule has 10 aromatic rings. The molecule has 0 aliphatic carbocycles. The van der Waals surface area contributed by atoms with E-state index in [0.29, 0.717) is 0 Å². The van der Waals surface area contributed by atoms with Crippen LogP contribution in [0.4, 0.5) is 17.1 Å². The Balaban J connectivity index is 1.13. The first-order chi connectivity index (χ1) is 26.8. The van der Waals surface area contributed by atoms with Gasteiger partial charge >= 0.3 is 0 Å². The Labute approximate surface area is 315 Å². The molecule has 0 radical (unpaired) electrons.